The topological polar surface area (TPSA) is 34.0 Å². The first kappa shape index (κ1) is 11.7. The second-order valence-corrected chi connectivity index (χ2v) is 3.90. The van der Waals surface area contributed by atoms with Crippen molar-refractivity contribution in [2.75, 3.05) is 14.2 Å². The summed E-state index contributed by atoms with van der Waals surface area (Å²) in [7, 11) is 3.09. The summed E-state index contributed by atoms with van der Waals surface area (Å²) in [6.07, 6.45) is 4.94. The van der Waals surface area contributed by atoms with E-state index in [-0.39, 0.29) is 5.91 Å². The van der Waals surface area contributed by atoms with Crippen molar-refractivity contribution in [2.24, 2.45) is 0 Å². The summed E-state index contributed by atoms with van der Waals surface area (Å²) in [5, 5.41) is 1.23. The highest BCUT2D eigenvalue weighted by Crippen LogP contribution is 2.17. The van der Waals surface area contributed by atoms with E-state index < -0.39 is 0 Å². The molecule has 2 aromatic rings. The fourth-order valence-electron chi connectivity index (χ4n) is 1.82. The maximum absolute atomic E-state index is 12.1. The molecule has 17 heavy (non-hydrogen) atoms. The lowest BCUT2D eigenvalue weighted by Gasteiger charge is -2.14. The molecule has 0 radical (unpaired) electrons. The van der Waals surface area contributed by atoms with Crippen molar-refractivity contribution in [1.82, 2.24) is 9.46 Å². The number of rotatable bonds is 3. The Balaban J connectivity index is 2.53. The van der Waals surface area contributed by atoms with Crippen molar-refractivity contribution in [2.45, 2.75) is 13.3 Å². The molecule has 2 heterocycles. The molecule has 0 aliphatic heterocycles. The summed E-state index contributed by atoms with van der Waals surface area (Å²) in [5.41, 5.74) is 2.78. The Hall–Kier alpha value is -1.81. The van der Waals surface area contributed by atoms with E-state index in [4.69, 9.17) is 4.84 Å². The Kier molecular flexibility index (Phi) is 3.15. The third-order valence-electron chi connectivity index (χ3n) is 2.89. The highest BCUT2D eigenvalue weighted by atomic mass is 16.7. The zero-order valence-electron chi connectivity index (χ0n) is 10.3. The fraction of sp³-hybridized carbons (Fsp3) is 0.308. The number of aryl methyl sites for hydroxylation is 1. The Morgan fingerprint density at radius 3 is 2.94 bits per heavy atom. The number of aromatic nitrogens is 1. The molecule has 0 saturated carbocycles. The summed E-state index contributed by atoms with van der Waals surface area (Å²) >= 11 is 0. The molecule has 4 nitrogen and oxygen atoms in total. The molecule has 0 aromatic carbocycles. The molecule has 0 saturated heterocycles. The van der Waals surface area contributed by atoms with Crippen molar-refractivity contribution in [1.29, 1.82) is 0 Å². The van der Waals surface area contributed by atoms with Crippen LogP contribution in [-0.2, 0) is 11.3 Å². The van der Waals surface area contributed by atoms with Gasteiger partial charge >= 0.3 is 0 Å². The van der Waals surface area contributed by atoms with E-state index >= 15 is 0 Å². The summed E-state index contributed by atoms with van der Waals surface area (Å²) in [4.78, 5) is 17.0. The summed E-state index contributed by atoms with van der Waals surface area (Å²) in [5.74, 6) is -0.140. The third kappa shape index (κ3) is 2.03. The molecule has 0 aliphatic carbocycles. The van der Waals surface area contributed by atoms with E-state index in [1.807, 2.05) is 35.0 Å². The monoisotopic (exact) mass is 232 g/mol. The van der Waals surface area contributed by atoms with Gasteiger partial charge in [-0.25, -0.2) is 5.06 Å². The molecule has 0 atom stereocenters. The van der Waals surface area contributed by atoms with Crippen LogP contribution in [-0.4, -0.2) is 29.5 Å². The van der Waals surface area contributed by atoms with Crippen molar-refractivity contribution in [3.8, 4) is 0 Å². The summed E-state index contributed by atoms with van der Waals surface area (Å²) in [6, 6.07) is 5.71. The van der Waals surface area contributed by atoms with E-state index in [9.17, 15) is 4.79 Å². The Morgan fingerprint density at radius 1 is 1.53 bits per heavy atom. The third-order valence-corrected chi connectivity index (χ3v) is 2.89. The van der Waals surface area contributed by atoms with Crippen LogP contribution in [0.2, 0.25) is 0 Å². The van der Waals surface area contributed by atoms with Gasteiger partial charge in [0, 0.05) is 19.4 Å². The van der Waals surface area contributed by atoms with Gasteiger partial charge in [0.2, 0.25) is 0 Å². The molecule has 0 unspecified atom stereocenters. The van der Waals surface area contributed by atoms with Crippen molar-refractivity contribution < 1.29 is 9.63 Å². The van der Waals surface area contributed by atoms with E-state index in [1.54, 1.807) is 7.05 Å². The molecule has 2 aromatic heterocycles. The van der Waals surface area contributed by atoms with Crippen LogP contribution in [0.4, 0.5) is 0 Å². The minimum Gasteiger partial charge on any atom is -0.323 e. The number of amides is 1. The number of carbonyl (C=O) groups excluding carboxylic acids is 1. The molecule has 0 N–H and O–H groups in total. The Bertz CT molecular complexity index is 545. The van der Waals surface area contributed by atoms with Crippen LogP contribution in [0.25, 0.3) is 5.52 Å². The molecular weight excluding hydrogens is 216 g/mol. The van der Waals surface area contributed by atoms with E-state index in [0.29, 0.717) is 5.56 Å². The van der Waals surface area contributed by atoms with Crippen LogP contribution in [0.1, 0.15) is 22.8 Å². The van der Waals surface area contributed by atoms with Crippen molar-refractivity contribution >= 4 is 11.4 Å². The summed E-state index contributed by atoms with van der Waals surface area (Å²) < 4.78 is 1.97. The van der Waals surface area contributed by atoms with Gasteiger partial charge in [-0.1, -0.05) is 6.92 Å². The number of pyridine rings is 1. The van der Waals surface area contributed by atoms with Gasteiger partial charge in [-0.15, -0.1) is 0 Å². The smallest absolute Gasteiger partial charge is 0.279 e. The van der Waals surface area contributed by atoms with Gasteiger partial charge in [-0.2, -0.15) is 0 Å². The molecule has 0 spiro atoms. The van der Waals surface area contributed by atoms with Crippen LogP contribution in [0.3, 0.4) is 0 Å². The van der Waals surface area contributed by atoms with Gasteiger partial charge in [0.15, 0.2) is 0 Å². The first-order chi connectivity index (χ1) is 8.17. The maximum Gasteiger partial charge on any atom is 0.279 e. The number of fused-ring (bicyclic) bond motifs is 1. The van der Waals surface area contributed by atoms with Crippen LogP contribution in [0.15, 0.2) is 30.6 Å². The molecule has 90 valence electrons. The normalized spacial score (nSPS) is 10.8. The van der Waals surface area contributed by atoms with Gasteiger partial charge in [0.25, 0.3) is 5.91 Å². The van der Waals surface area contributed by atoms with Gasteiger partial charge in [-0.05, 0) is 30.2 Å². The minimum absolute atomic E-state index is 0.140. The Morgan fingerprint density at radius 2 is 2.29 bits per heavy atom. The summed E-state index contributed by atoms with van der Waals surface area (Å²) in [6.45, 7) is 2.09. The number of hydrogen-bond donors (Lipinski definition) is 0. The predicted octanol–water partition coefficient (Wildman–Crippen LogP) is 2.14. The van der Waals surface area contributed by atoms with Crippen LogP contribution < -0.4 is 0 Å². The number of hydroxylamine groups is 2. The molecule has 4 heteroatoms. The second kappa shape index (κ2) is 4.59. The molecule has 2 rings (SSSR count). The maximum atomic E-state index is 12.1. The zero-order chi connectivity index (χ0) is 12.4. The lowest BCUT2D eigenvalue weighted by atomic mass is 10.2. The largest absolute Gasteiger partial charge is 0.323 e. The van der Waals surface area contributed by atoms with Crippen LogP contribution >= 0.6 is 0 Å². The molecule has 1 amide bonds. The highest BCUT2D eigenvalue weighted by molar-refractivity contribution is 6.00. The number of hydrogen-bond acceptors (Lipinski definition) is 2. The lowest BCUT2D eigenvalue weighted by Crippen LogP contribution is -2.25. The predicted molar refractivity (Wildman–Crippen MR) is 65.9 cm³/mol. The molecule has 0 aliphatic rings. The lowest BCUT2D eigenvalue weighted by molar-refractivity contribution is -0.0755. The minimum atomic E-state index is -0.140. The van der Waals surface area contributed by atoms with E-state index in [0.717, 1.165) is 11.9 Å². The highest BCUT2D eigenvalue weighted by Gasteiger charge is 2.15. The first-order valence-electron chi connectivity index (χ1n) is 5.59. The van der Waals surface area contributed by atoms with Crippen LogP contribution in [0.5, 0.6) is 0 Å². The quantitative estimate of drug-likeness (QED) is 0.760. The van der Waals surface area contributed by atoms with E-state index in [2.05, 4.69) is 6.92 Å². The van der Waals surface area contributed by atoms with Gasteiger partial charge in [0.1, 0.15) is 0 Å². The van der Waals surface area contributed by atoms with Gasteiger partial charge in [-0.3, -0.25) is 9.63 Å². The first-order valence-corrected chi connectivity index (χ1v) is 5.59. The average Bonchev–Trinajstić information content (AvgIpc) is 2.79. The molecular formula is C13H16N2O2. The zero-order valence-corrected chi connectivity index (χ0v) is 10.3. The molecule has 0 fully saturated rings. The SMILES string of the molecule is CCc1cc2c(C(=O)N(C)OC)cccn2c1. The van der Waals surface area contributed by atoms with Gasteiger partial charge in [0.05, 0.1) is 18.2 Å². The molecule has 0 bridgehead atoms. The van der Waals surface area contributed by atoms with Crippen LogP contribution in [0, 0.1) is 0 Å². The standard InChI is InChI=1S/C13H16N2O2/c1-4-10-8-12-11(13(16)14(2)17-3)6-5-7-15(12)9-10/h5-9H,4H2,1-3H3. The Labute approximate surface area is 100 Å². The fourth-order valence-corrected chi connectivity index (χ4v) is 1.82. The van der Waals surface area contributed by atoms with Crippen molar-refractivity contribution in [3.05, 3.63) is 41.7 Å². The van der Waals surface area contributed by atoms with Gasteiger partial charge < -0.3 is 4.40 Å². The second-order valence-electron chi connectivity index (χ2n) is 3.90. The van der Waals surface area contributed by atoms with E-state index in [1.165, 1.54) is 17.7 Å². The van der Waals surface area contributed by atoms with Crippen molar-refractivity contribution in [3.63, 3.8) is 0 Å². The number of carbonyl (C=O) groups is 1. The number of nitrogens with zero attached hydrogens (tertiary/aromatic N) is 2. The average molecular weight is 232 g/mol.